The lowest BCUT2D eigenvalue weighted by Gasteiger charge is -2.26. The predicted molar refractivity (Wildman–Crippen MR) is 92.5 cm³/mol. The van der Waals surface area contributed by atoms with Crippen LogP contribution in [0.5, 0.6) is 0 Å². The zero-order chi connectivity index (χ0) is 17.0. The smallest absolute Gasteiger partial charge is 0.348 e. The van der Waals surface area contributed by atoms with Crippen molar-refractivity contribution in [3.8, 4) is 0 Å². The second kappa shape index (κ2) is 6.95. The van der Waals surface area contributed by atoms with Crippen molar-refractivity contribution in [3.05, 3.63) is 87.9 Å². The van der Waals surface area contributed by atoms with Gasteiger partial charge in [0.15, 0.2) is 0 Å². The number of thiazole rings is 1. The van der Waals surface area contributed by atoms with E-state index in [4.69, 9.17) is 4.74 Å². The minimum Gasteiger partial charge on any atom is -0.456 e. The summed E-state index contributed by atoms with van der Waals surface area (Å²) in [5, 5.41) is 14.0. The quantitative estimate of drug-likeness (QED) is 0.724. The molecule has 1 N–H and O–H groups in total. The van der Waals surface area contributed by atoms with Crippen LogP contribution < -0.4 is 0 Å². The lowest BCUT2D eigenvalue weighted by molar-refractivity contribution is -0.163. The standard InChI is InChI=1S/C19H17NO3S/c1-14-20-17(13-24-14)12-23-18(21)19(22,15-8-4-2-5-9-15)16-10-6-3-7-11-16/h2-11,13,22H,12H2,1H3. The third-order valence-electron chi connectivity index (χ3n) is 3.70. The van der Waals surface area contributed by atoms with Crippen LogP contribution in [0.3, 0.4) is 0 Å². The van der Waals surface area contributed by atoms with Crippen LogP contribution >= 0.6 is 11.3 Å². The Kier molecular flexibility index (Phi) is 4.74. The highest BCUT2D eigenvalue weighted by atomic mass is 32.1. The van der Waals surface area contributed by atoms with Crippen LogP contribution in [0, 0.1) is 6.92 Å². The fraction of sp³-hybridized carbons (Fsp3) is 0.158. The summed E-state index contributed by atoms with van der Waals surface area (Å²) in [5.74, 6) is -0.717. The zero-order valence-corrected chi connectivity index (χ0v) is 14.0. The average Bonchev–Trinajstić information content (AvgIpc) is 3.05. The van der Waals surface area contributed by atoms with Crippen molar-refractivity contribution in [1.82, 2.24) is 4.98 Å². The molecule has 0 amide bonds. The van der Waals surface area contributed by atoms with E-state index >= 15 is 0 Å². The molecular weight excluding hydrogens is 322 g/mol. The van der Waals surface area contributed by atoms with Gasteiger partial charge in [0, 0.05) is 5.38 Å². The summed E-state index contributed by atoms with van der Waals surface area (Å²) in [7, 11) is 0. The van der Waals surface area contributed by atoms with Crippen molar-refractivity contribution in [2.45, 2.75) is 19.1 Å². The Hall–Kier alpha value is -2.50. The maximum Gasteiger partial charge on any atom is 0.348 e. The highest BCUT2D eigenvalue weighted by molar-refractivity contribution is 7.09. The van der Waals surface area contributed by atoms with E-state index in [0.29, 0.717) is 16.8 Å². The molecule has 0 bridgehead atoms. The van der Waals surface area contributed by atoms with Crippen LogP contribution in [0.2, 0.25) is 0 Å². The molecule has 1 aromatic heterocycles. The minimum absolute atomic E-state index is 0.0329. The third kappa shape index (κ3) is 3.22. The molecule has 0 spiro atoms. The Morgan fingerprint density at radius 3 is 2.08 bits per heavy atom. The van der Waals surface area contributed by atoms with Gasteiger partial charge in [0.1, 0.15) is 6.61 Å². The molecule has 4 nitrogen and oxygen atoms in total. The van der Waals surface area contributed by atoms with Gasteiger partial charge in [-0.2, -0.15) is 0 Å². The van der Waals surface area contributed by atoms with Gasteiger partial charge in [-0.15, -0.1) is 11.3 Å². The van der Waals surface area contributed by atoms with Crippen LogP contribution in [-0.2, 0) is 21.7 Å². The number of carbonyl (C=O) groups excluding carboxylic acids is 1. The molecule has 0 radical (unpaired) electrons. The molecule has 2 aromatic carbocycles. The number of carbonyl (C=O) groups is 1. The SMILES string of the molecule is Cc1nc(COC(=O)C(O)(c2ccccc2)c2ccccc2)cs1. The van der Waals surface area contributed by atoms with Crippen LogP contribution in [0.1, 0.15) is 21.8 Å². The number of rotatable bonds is 5. The van der Waals surface area contributed by atoms with Crippen molar-refractivity contribution in [1.29, 1.82) is 0 Å². The monoisotopic (exact) mass is 339 g/mol. The van der Waals surface area contributed by atoms with E-state index in [2.05, 4.69) is 4.98 Å². The first-order valence-corrected chi connectivity index (χ1v) is 8.40. The normalized spacial score (nSPS) is 11.2. The Morgan fingerprint density at radius 1 is 1.08 bits per heavy atom. The van der Waals surface area contributed by atoms with Crippen LogP contribution in [0.4, 0.5) is 0 Å². The Labute approximate surface area is 144 Å². The van der Waals surface area contributed by atoms with Crippen molar-refractivity contribution >= 4 is 17.3 Å². The summed E-state index contributed by atoms with van der Waals surface area (Å²) in [6.07, 6.45) is 0. The number of esters is 1. The summed E-state index contributed by atoms with van der Waals surface area (Å²) in [4.78, 5) is 17.0. The number of aromatic nitrogens is 1. The minimum atomic E-state index is -1.85. The number of benzene rings is 2. The molecule has 24 heavy (non-hydrogen) atoms. The maximum absolute atomic E-state index is 12.7. The van der Waals surface area contributed by atoms with Gasteiger partial charge in [-0.3, -0.25) is 0 Å². The van der Waals surface area contributed by atoms with Gasteiger partial charge in [0.05, 0.1) is 10.7 Å². The first kappa shape index (κ1) is 16.4. The summed E-state index contributed by atoms with van der Waals surface area (Å²) in [5.41, 5.74) is -0.242. The number of hydrogen-bond donors (Lipinski definition) is 1. The van der Waals surface area contributed by atoms with Gasteiger partial charge in [-0.1, -0.05) is 60.7 Å². The summed E-state index contributed by atoms with van der Waals surface area (Å²) in [6.45, 7) is 1.92. The Balaban J connectivity index is 1.91. The van der Waals surface area contributed by atoms with Gasteiger partial charge in [0.25, 0.3) is 0 Å². The second-order valence-corrected chi connectivity index (χ2v) is 6.44. The highest BCUT2D eigenvalue weighted by Gasteiger charge is 2.41. The number of hydrogen-bond acceptors (Lipinski definition) is 5. The molecule has 3 rings (SSSR count). The molecule has 0 aliphatic heterocycles. The molecule has 0 saturated carbocycles. The van der Waals surface area contributed by atoms with Crippen molar-refractivity contribution < 1.29 is 14.6 Å². The lowest BCUT2D eigenvalue weighted by atomic mass is 9.86. The van der Waals surface area contributed by atoms with Crippen LogP contribution in [0.15, 0.2) is 66.0 Å². The maximum atomic E-state index is 12.7. The molecule has 0 unspecified atom stereocenters. The summed E-state index contributed by atoms with van der Waals surface area (Å²) >= 11 is 1.49. The number of nitrogens with zero attached hydrogens (tertiary/aromatic N) is 1. The fourth-order valence-corrected chi connectivity index (χ4v) is 3.08. The Morgan fingerprint density at radius 2 is 1.62 bits per heavy atom. The Bertz CT molecular complexity index is 775. The van der Waals surface area contributed by atoms with Crippen molar-refractivity contribution in [2.75, 3.05) is 0 Å². The number of aryl methyl sites for hydroxylation is 1. The predicted octanol–water partition coefficient (Wildman–Crippen LogP) is 3.43. The average molecular weight is 339 g/mol. The van der Waals surface area contributed by atoms with Crippen molar-refractivity contribution in [2.24, 2.45) is 0 Å². The van der Waals surface area contributed by atoms with E-state index in [-0.39, 0.29) is 6.61 Å². The van der Waals surface area contributed by atoms with E-state index < -0.39 is 11.6 Å². The van der Waals surface area contributed by atoms with Gasteiger partial charge in [-0.25, -0.2) is 9.78 Å². The molecule has 3 aromatic rings. The number of aliphatic hydroxyl groups is 1. The van der Waals surface area contributed by atoms with Crippen LogP contribution in [-0.4, -0.2) is 16.1 Å². The van der Waals surface area contributed by atoms with Gasteiger partial charge >= 0.3 is 5.97 Å². The van der Waals surface area contributed by atoms with Crippen LogP contribution in [0.25, 0.3) is 0 Å². The van der Waals surface area contributed by atoms with E-state index in [1.165, 1.54) is 11.3 Å². The van der Waals surface area contributed by atoms with Gasteiger partial charge < -0.3 is 9.84 Å². The summed E-state index contributed by atoms with van der Waals surface area (Å²) < 4.78 is 5.37. The van der Waals surface area contributed by atoms with Gasteiger partial charge in [-0.05, 0) is 18.1 Å². The molecule has 5 heteroatoms. The molecule has 122 valence electrons. The molecule has 0 aliphatic carbocycles. The molecule has 0 fully saturated rings. The highest BCUT2D eigenvalue weighted by Crippen LogP contribution is 2.31. The van der Waals surface area contributed by atoms with E-state index in [9.17, 15) is 9.90 Å². The van der Waals surface area contributed by atoms with Crippen molar-refractivity contribution in [3.63, 3.8) is 0 Å². The first-order valence-electron chi connectivity index (χ1n) is 7.52. The first-order chi connectivity index (χ1) is 11.6. The van der Waals surface area contributed by atoms with E-state index in [0.717, 1.165) is 5.01 Å². The van der Waals surface area contributed by atoms with E-state index in [1.54, 1.807) is 48.5 Å². The van der Waals surface area contributed by atoms with E-state index in [1.807, 2.05) is 24.4 Å². The molecule has 1 heterocycles. The second-order valence-electron chi connectivity index (χ2n) is 5.38. The molecule has 0 saturated heterocycles. The topological polar surface area (TPSA) is 59.4 Å². The zero-order valence-electron chi connectivity index (χ0n) is 13.2. The fourth-order valence-electron chi connectivity index (χ4n) is 2.48. The number of ether oxygens (including phenoxy) is 1. The van der Waals surface area contributed by atoms with Gasteiger partial charge in [0.2, 0.25) is 5.60 Å². The molecule has 0 atom stereocenters. The lowest BCUT2D eigenvalue weighted by Crippen LogP contribution is -2.38. The molecule has 0 aliphatic rings. The summed E-state index contributed by atoms with van der Waals surface area (Å²) in [6, 6.07) is 17.6. The molecular formula is C19H17NO3S. The largest absolute Gasteiger partial charge is 0.456 e. The third-order valence-corrected chi connectivity index (χ3v) is 4.52.